The van der Waals surface area contributed by atoms with Crippen molar-refractivity contribution in [3.63, 3.8) is 0 Å². The van der Waals surface area contributed by atoms with Crippen LogP contribution in [0, 0.1) is 0 Å². The Bertz CT molecular complexity index is 647. The lowest BCUT2D eigenvalue weighted by Gasteiger charge is -2.24. The van der Waals surface area contributed by atoms with Gasteiger partial charge in [-0.15, -0.1) is 11.3 Å². The van der Waals surface area contributed by atoms with Crippen molar-refractivity contribution in [1.82, 2.24) is 4.90 Å². The summed E-state index contributed by atoms with van der Waals surface area (Å²) in [5.41, 5.74) is 1.15. The van der Waals surface area contributed by atoms with Crippen molar-refractivity contribution in [2.75, 3.05) is 0 Å². The van der Waals surface area contributed by atoms with Gasteiger partial charge in [0, 0.05) is 29.8 Å². The molecule has 2 aromatic rings. The van der Waals surface area contributed by atoms with E-state index in [0.717, 1.165) is 23.3 Å². The number of thiophene rings is 2. The fraction of sp³-hybridized carbons (Fsp3) is 0.412. The highest BCUT2D eigenvalue weighted by atomic mass is 32.1. The number of hydrogen-bond donors (Lipinski definition) is 1. The van der Waals surface area contributed by atoms with Crippen LogP contribution in [0.1, 0.15) is 42.0 Å². The molecule has 0 bridgehead atoms. The Labute approximate surface area is 143 Å². The van der Waals surface area contributed by atoms with Crippen molar-refractivity contribution < 1.29 is 14.7 Å². The molecule has 1 atom stereocenters. The molecule has 2 heterocycles. The minimum Gasteiger partial charge on any atom is -0.481 e. The van der Waals surface area contributed by atoms with E-state index in [4.69, 9.17) is 5.11 Å². The van der Waals surface area contributed by atoms with E-state index in [1.807, 2.05) is 33.9 Å². The maximum Gasteiger partial charge on any atom is 0.304 e. The smallest absolute Gasteiger partial charge is 0.304 e. The predicted molar refractivity (Wildman–Crippen MR) is 91.8 cm³/mol. The maximum atomic E-state index is 12.8. The van der Waals surface area contributed by atoms with E-state index >= 15 is 0 Å². The molecule has 0 spiro atoms. The second-order valence-corrected chi connectivity index (χ2v) is 7.66. The van der Waals surface area contributed by atoms with Gasteiger partial charge in [-0.25, -0.2) is 0 Å². The Morgan fingerprint density at radius 3 is 2.65 bits per heavy atom. The Hall–Kier alpha value is -1.66. The summed E-state index contributed by atoms with van der Waals surface area (Å²) in [7, 11) is 0. The topological polar surface area (TPSA) is 57.6 Å². The molecule has 6 heteroatoms. The van der Waals surface area contributed by atoms with E-state index < -0.39 is 5.97 Å². The number of carboxylic acids is 1. The molecule has 23 heavy (non-hydrogen) atoms. The van der Waals surface area contributed by atoms with Crippen LogP contribution in [0.3, 0.4) is 0 Å². The first kappa shape index (κ1) is 16.2. The zero-order valence-electron chi connectivity index (χ0n) is 12.7. The Balaban J connectivity index is 1.69. The molecule has 0 aliphatic heterocycles. The summed E-state index contributed by atoms with van der Waals surface area (Å²) in [6.45, 7) is 0.636. The largest absolute Gasteiger partial charge is 0.481 e. The van der Waals surface area contributed by atoms with Crippen molar-refractivity contribution in [2.45, 2.75) is 44.2 Å². The third-order valence-electron chi connectivity index (χ3n) is 4.03. The van der Waals surface area contributed by atoms with Crippen LogP contribution in [-0.2, 0) is 16.1 Å². The molecule has 0 unspecified atom stereocenters. The molecule has 0 saturated heterocycles. The standard InChI is InChI=1S/C17H19NO3S2/c19-16(8-13(9-17(20)21)15-2-1-6-23-15)18(14-3-4-14)10-12-5-7-22-11-12/h1-2,5-7,11,13-14H,3-4,8-10H2,(H,20,21)/t13-/m0/s1. The fourth-order valence-electron chi connectivity index (χ4n) is 2.72. The van der Waals surface area contributed by atoms with Gasteiger partial charge < -0.3 is 10.0 Å². The molecule has 0 aromatic carbocycles. The molecule has 4 nitrogen and oxygen atoms in total. The average molecular weight is 349 g/mol. The zero-order valence-corrected chi connectivity index (χ0v) is 14.3. The summed E-state index contributed by atoms with van der Waals surface area (Å²) in [5.74, 6) is -1.02. The van der Waals surface area contributed by atoms with Crippen LogP contribution in [-0.4, -0.2) is 27.9 Å². The Morgan fingerprint density at radius 2 is 2.09 bits per heavy atom. The van der Waals surface area contributed by atoms with E-state index in [-0.39, 0.29) is 24.7 Å². The SMILES string of the molecule is O=C(O)C[C@H](CC(=O)N(Cc1ccsc1)C1CC1)c1cccs1. The second-order valence-electron chi connectivity index (χ2n) is 5.90. The Morgan fingerprint density at radius 1 is 1.26 bits per heavy atom. The monoisotopic (exact) mass is 349 g/mol. The number of carbonyl (C=O) groups is 2. The molecule has 1 N–H and O–H groups in total. The van der Waals surface area contributed by atoms with Gasteiger partial charge in [0.15, 0.2) is 0 Å². The Kier molecular flexibility index (Phi) is 5.13. The maximum absolute atomic E-state index is 12.8. The average Bonchev–Trinajstić information content (AvgIpc) is 3.02. The third kappa shape index (κ3) is 4.42. The molecular weight excluding hydrogens is 330 g/mol. The van der Waals surface area contributed by atoms with E-state index in [1.54, 1.807) is 11.3 Å². The molecule has 1 amide bonds. The molecule has 1 aliphatic rings. The molecule has 2 aromatic heterocycles. The van der Waals surface area contributed by atoms with Crippen LogP contribution in [0.4, 0.5) is 0 Å². The number of nitrogens with zero attached hydrogens (tertiary/aromatic N) is 1. The van der Waals surface area contributed by atoms with Crippen molar-refractivity contribution >= 4 is 34.6 Å². The second kappa shape index (κ2) is 7.27. The van der Waals surface area contributed by atoms with Gasteiger partial charge in [0.05, 0.1) is 6.42 Å². The molecule has 1 aliphatic carbocycles. The van der Waals surface area contributed by atoms with E-state index in [1.165, 1.54) is 11.3 Å². The molecule has 1 saturated carbocycles. The fourth-order valence-corrected chi connectivity index (χ4v) is 4.21. The highest BCUT2D eigenvalue weighted by molar-refractivity contribution is 7.10. The van der Waals surface area contributed by atoms with Gasteiger partial charge in [0.1, 0.15) is 0 Å². The summed E-state index contributed by atoms with van der Waals surface area (Å²) < 4.78 is 0. The lowest BCUT2D eigenvalue weighted by atomic mass is 9.98. The van der Waals surface area contributed by atoms with Crippen LogP contribution in [0.25, 0.3) is 0 Å². The number of rotatable bonds is 8. The third-order valence-corrected chi connectivity index (χ3v) is 5.80. The first-order chi connectivity index (χ1) is 11.1. The van der Waals surface area contributed by atoms with Gasteiger partial charge in [0.2, 0.25) is 5.91 Å². The quantitative estimate of drug-likeness (QED) is 0.785. The summed E-state index contributed by atoms with van der Waals surface area (Å²) in [4.78, 5) is 26.8. The van der Waals surface area contributed by atoms with Crippen molar-refractivity contribution in [2.24, 2.45) is 0 Å². The first-order valence-electron chi connectivity index (χ1n) is 7.69. The number of aliphatic carboxylic acids is 1. The van der Waals surface area contributed by atoms with E-state index in [0.29, 0.717) is 12.6 Å². The van der Waals surface area contributed by atoms with Gasteiger partial charge in [0.25, 0.3) is 0 Å². The van der Waals surface area contributed by atoms with Gasteiger partial charge in [-0.05, 0) is 46.7 Å². The zero-order chi connectivity index (χ0) is 16.2. The number of amides is 1. The van der Waals surface area contributed by atoms with Gasteiger partial charge in [-0.2, -0.15) is 11.3 Å². The van der Waals surface area contributed by atoms with Crippen LogP contribution in [0.15, 0.2) is 34.3 Å². The highest BCUT2D eigenvalue weighted by Gasteiger charge is 2.34. The number of hydrogen-bond acceptors (Lipinski definition) is 4. The minimum absolute atomic E-state index is 0.00319. The number of carboxylic acid groups (broad SMARTS) is 1. The van der Waals surface area contributed by atoms with Gasteiger partial charge in [-0.1, -0.05) is 6.07 Å². The van der Waals surface area contributed by atoms with E-state index in [9.17, 15) is 9.59 Å². The summed E-state index contributed by atoms with van der Waals surface area (Å²) in [5, 5.41) is 15.2. The van der Waals surface area contributed by atoms with Gasteiger partial charge in [-0.3, -0.25) is 9.59 Å². The van der Waals surface area contributed by atoms with Crippen molar-refractivity contribution in [1.29, 1.82) is 0 Å². The summed E-state index contributed by atoms with van der Waals surface area (Å²) in [6, 6.07) is 6.20. The van der Waals surface area contributed by atoms with E-state index in [2.05, 4.69) is 5.38 Å². The predicted octanol–water partition coefficient (Wildman–Crippen LogP) is 3.95. The molecule has 122 valence electrons. The van der Waals surface area contributed by atoms with Crippen LogP contribution >= 0.6 is 22.7 Å². The molecule has 0 radical (unpaired) electrons. The van der Waals surface area contributed by atoms with Crippen molar-refractivity contribution in [3.8, 4) is 0 Å². The van der Waals surface area contributed by atoms with Crippen LogP contribution in [0.5, 0.6) is 0 Å². The van der Waals surface area contributed by atoms with Gasteiger partial charge >= 0.3 is 5.97 Å². The lowest BCUT2D eigenvalue weighted by Crippen LogP contribution is -2.33. The molecule has 3 rings (SSSR count). The summed E-state index contributed by atoms with van der Waals surface area (Å²) in [6.07, 6.45) is 2.38. The van der Waals surface area contributed by atoms with Crippen LogP contribution < -0.4 is 0 Å². The van der Waals surface area contributed by atoms with Crippen LogP contribution in [0.2, 0.25) is 0 Å². The summed E-state index contributed by atoms with van der Waals surface area (Å²) >= 11 is 3.16. The molecule has 1 fully saturated rings. The number of carbonyl (C=O) groups excluding carboxylic acids is 1. The lowest BCUT2D eigenvalue weighted by molar-refractivity contribution is -0.138. The minimum atomic E-state index is -0.855. The normalized spacial score (nSPS) is 15.3. The molecular formula is C17H19NO3S2. The first-order valence-corrected chi connectivity index (χ1v) is 9.51. The highest BCUT2D eigenvalue weighted by Crippen LogP contribution is 2.33. The van der Waals surface area contributed by atoms with Crippen molar-refractivity contribution in [3.05, 3.63) is 44.8 Å².